The predicted octanol–water partition coefficient (Wildman–Crippen LogP) is -0.175. The summed E-state index contributed by atoms with van der Waals surface area (Å²) in [5.74, 6) is -1.58. The summed E-state index contributed by atoms with van der Waals surface area (Å²) in [5, 5.41) is 8.44. The molecule has 0 aromatic carbocycles. The molecule has 0 saturated heterocycles. The maximum atomic E-state index is 11.8. The molecule has 10 heteroatoms. The van der Waals surface area contributed by atoms with Crippen molar-refractivity contribution in [3.63, 3.8) is 0 Å². The number of aromatic nitrogens is 4. The van der Waals surface area contributed by atoms with Crippen LogP contribution in [0.15, 0.2) is 12.3 Å². The van der Waals surface area contributed by atoms with Gasteiger partial charge in [0.05, 0.1) is 0 Å². The van der Waals surface area contributed by atoms with Gasteiger partial charge in [0.15, 0.2) is 6.61 Å². The Morgan fingerprint density at radius 3 is 2.83 bits per heavy atom. The van der Waals surface area contributed by atoms with Crippen LogP contribution >= 0.6 is 0 Å². The number of nitrogens with one attached hydrogen (secondary N) is 2. The summed E-state index contributed by atoms with van der Waals surface area (Å²) in [6, 6.07) is 1.07. The smallest absolute Gasteiger partial charge is 0.378 e. The van der Waals surface area contributed by atoms with Gasteiger partial charge in [0.25, 0.3) is 17.5 Å². The minimum Gasteiger partial charge on any atom is -0.450 e. The molecule has 0 spiro atoms. The molecule has 0 fully saturated rings. The van der Waals surface area contributed by atoms with Gasteiger partial charge in [0.2, 0.25) is 0 Å². The predicted molar refractivity (Wildman–Crippen MR) is 77.6 cm³/mol. The van der Waals surface area contributed by atoms with E-state index in [0.29, 0.717) is 6.54 Å². The lowest BCUT2D eigenvalue weighted by atomic mass is 10.5. The third-order valence-electron chi connectivity index (χ3n) is 2.74. The zero-order valence-electron chi connectivity index (χ0n) is 12.7. The van der Waals surface area contributed by atoms with Gasteiger partial charge in [-0.1, -0.05) is 6.92 Å². The lowest BCUT2D eigenvalue weighted by Gasteiger charge is -2.05. The number of urea groups is 1. The lowest BCUT2D eigenvalue weighted by Crippen LogP contribution is -2.41. The molecule has 3 amide bonds. The molecule has 2 aromatic rings. The van der Waals surface area contributed by atoms with Crippen LogP contribution in [0.4, 0.5) is 4.79 Å². The Kier molecular flexibility index (Phi) is 5.18. The van der Waals surface area contributed by atoms with Crippen LogP contribution in [0, 0.1) is 6.92 Å². The SMILES string of the molecule is CCCNC(=O)NC(=O)COC(=O)c1nc2nccc(C)n2n1. The van der Waals surface area contributed by atoms with E-state index >= 15 is 0 Å². The lowest BCUT2D eigenvalue weighted by molar-refractivity contribution is -0.123. The van der Waals surface area contributed by atoms with Crippen molar-refractivity contribution >= 4 is 23.7 Å². The van der Waals surface area contributed by atoms with E-state index in [4.69, 9.17) is 4.74 Å². The molecule has 0 saturated carbocycles. The standard InChI is InChI=1S/C13H16N6O4/c1-3-5-15-13(22)16-9(20)7-23-11(21)10-17-12-14-6-4-8(2)19(12)18-10/h4,6H,3,5,7H2,1-2H3,(H2,15,16,20,22). The van der Waals surface area contributed by atoms with Crippen molar-refractivity contribution in [3.05, 3.63) is 23.8 Å². The number of carbonyl (C=O) groups is 3. The highest BCUT2D eigenvalue weighted by atomic mass is 16.5. The summed E-state index contributed by atoms with van der Waals surface area (Å²) in [5.41, 5.74) is 0.742. The van der Waals surface area contributed by atoms with Crippen LogP contribution in [0.2, 0.25) is 0 Å². The molecule has 23 heavy (non-hydrogen) atoms. The fourth-order valence-corrected chi connectivity index (χ4v) is 1.63. The van der Waals surface area contributed by atoms with Gasteiger partial charge in [-0.3, -0.25) is 10.1 Å². The fourth-order valence-electron chi connectivity index (χ4n) is 1.63. The van der Waals surface area contributed by atoms with E-state index < -0.39 is 24.5 Å². The highest BCUT2D eigenvalue weighted by Crippen LogP contribution is 2.02. The van der Waals surface area contributed by atoms with Gasteiger partial charge >= 0.3 is 12.0 Å². The number of hydrogen-bond acceptors (Lipinski definition) is 7. The maximum absolute atomic E-state index is 11.8. The Hall–Kier alpha value is -3.04. The first-order chi connectivity index (χ1) is 11.0. The Morgan fingerprint density at radius 1 is 1.35 bits per heavy atom. The molecular formula is C13H16N6O4. The second-order valence-electron chi connectivity index (χ2n) is 4.61. The number of ether oxygens (including phenoxy) is 1. The number of rotatable bonds is 5. The average molecular weight is 320 g/mol. The number of aryl methyl sites for hydroxylation is 1. The second kappa shape index (κ2) is 7.29. The van der Waals surface area contributed by atoms with E-state index in [9.17, 15) is 14.4 Å². The molecule has 0 radical (unpaired) electrons. The molecular weight excluding hydrogens is 304 g/mol. The summed E-state index contributed by atoms with van der Waals surface area (Å²) >= 11 is 0. The van der Waals surface area contributed by atoms with Crippen LogP contribution in [-0.4, -0.2) is 50.6 Å². The third-order valence-corrected chi connectivity index (χ3v) is 2.74. The quantitative estimate of drug-likeness (QED) is 0.732. The minimum atomic E-state index is -0.876. The van der Waals surface area contributed by atoms with Crippen LogP contribution in [0.5, 0.6) is 0 Å². The molecule has 2 N–H and O–H groups in total. The summed E-state index contributed by atoms with van der Waals surface area (Å²) in [6.45, 7) is 3.49. The van der Waals surface area contributed by atoms with Crippen LogP contribution in [0.25, 0.3) is 5.78 Å². The molecule has 0 aliphatic carbocycles. The van der Waals surface area contributed by atoms with E-state index in [2.05, 4.69) is 20.4 Å². The van der Waals surface area contributed by atoms with Gasteiger partial charge in [-0.25, -0.2) is 19.1 Å². The van der Waals surface area contributed by atoms with E-state index in [1.165, 1.54) is 10.7 Å². The minimum absolute atomic E-state index is 0.213. The molecule has 122 valence electrons. The number of esters is 1. The molecule has 10 nitrogen and oxygen atoms in total. The Morgan fingerprint density at radius 2 is 2.13 bits per heavy atom. The Bertz CT molecular complexity index is 741. The van der Waals surface area contributed by atoms with Gasteiger partial charge in [-0.05, 0) is 19.4 Å². The third kappa shape index (κ3) is 4.22. The molecule has 0 aliphatic heterocycles. The topological polar surface area (TPSA) is 128 Å². The fraction of sp³-hybridized carbons (Fsp3) is 0.385. The van der Waals surface area contributed by atoms with Crippen LogP contribution in [-0.2, 0) is 9.53 Å². The van der Waals surface area contributed by atoms with E-state index in [0.717, 1.165) is 12.1 Å². The molecule has 2 aromatic heterocycles. The zero-order chi connectivity index (χ0) is 16.8. The van der Waals surface area contributed by atoms with Crippen LogP contribution in [0.3, 0.4) is 0 Å². The van der Waals surface area contributed by atoms with Crippen molar-refractivity contribution < 1.29 is 19.1 Å². The molecule has 2 rings (SSSR count). The zero-order valence-corrected chi connectivity index (χ0v) is 12.7. The number of hydrogen-bond donors (Lipinski definition) is 2. The maximum Gasteiger partial charge on any atom is 0.378 e. The van der Waals surface area contributed by atoms with E-state index in [1.54, 1.807) is 13.0 Å². The van der Waals surface area contributed by atoms with E-state index in [-0.39, 0.29) is 11.6 Å². The van der Waals surface area contributed by atoms with Crippen LogP contribution in [0.1, 0.15) is 29.7 Å². The second-order valence-corrected chi connectivity index (χ2v) is 4.61. The summed E-state index contributed by atoms with van der Waals surface area (Å²) < 4.78 is 6.15. The van der Waals surface area contributed by atoms with Crippen molar-refractivity contribution in [2.45, 2.75) is 20.3 Å². The first-order valence-corrected chi connectivity index (χ1v) is 6.94. The van der Waals surface area contributed by atoms with Crippen molar-refractivity contribution in [2.75, 3.05) is 13.2 Å². The normalized spacial score (nSPS) is 10.3. The molecule has 0 unspecified atom stereocenters. The first-order valence-electron chi connectivity index (χ1n) is 6.94. The van der Waals surface area contributed by atoms with Crippen LogP contribution < -0.4 is 10.6 Å². The van der Waals surface area contributed by atoms with Gasteiger partial charge in [-0.2, -0.15) is 4.98 Å². The molecule has 0 atom stereocenters. The van der Waals surface area contributed by atoms with Crippen molar-refractivity contribution in [1.29, 1.82) is 0 Å². The number of nitrogens with zero attached hydrogens (tertiary/aromatic N) is 4. The summed E-state index contributed by atoms with van der Waals surface area (Å²) in [6.07, 6.45) is 2.28. The molecule has 0 bridgehead atoms. The number of imide groups is 1. The molecule has 2 heterocycles. The van der Waals surface area contributed by atoms with E-state index in [1.807, 2.05) is 12.2 Å². The van der Waals surface area contributed by atoms with Crippen molar-refractivity contribution in [1.82, 2.24) is 30.2 Å². The summed E-state index contributed by atoms with van der Waals surface area (Å²) in [7, 11) is 0. The Labute approximate surface area is 131 Å². The molecule has 0 aliphatic rings. The first kappa shape index (κ1) is 16.3. The number of fused-ring (bicyclic) bond motifs is 1. The largest absolute Gasteiger partial charge is 0.450 e. The highest BCUT2D eigenvalue weighted by Gasteiger charge is 2.17. The number of amides is 3. The van der Waals surface area contributed by atoms with Gasteiger partial charge < -0.3 is 10.1 Å². The van der Waals surface area contributed by atoms with Gasteiger partial charge in [-0.15, -0.1) is 5.10 Å². The Balaban J connectivity index is 1.90. The van der Waals surface area contributed by atoms with Gasteiger partial charge in [0, 0.05) is 18.4 Å². The van der Waals surface area contributed by atoms with Crippen molar-refractivity contribution in [3.8, 4) is 0 Å². The highest BCUT2D eigenvalue weighted by molar-refractivity contribution is 5.96. The van der Waals surface area contributed by atoms with Gasteiger partial charge in [0.1, 0.15) is 0 Å². The average Bonchev–Trinajstić information content (AvgIpc) is 2.96. The monoisotopic (exact) mass is 320 g/mol. The number of carbonyl (C=O) groups excluding carboxylic acids is 3. The summed E-state index contributed by atoms with van der Waals surface area (Å²) in [4.78, 5) is 42.4. The van der Waals surface area contributed by atoms with Crippen molar-refractivity contribution in [2.24, 2.45) is 0 Å².